The second-order valence-corrected chi connectivity index (χ2v) is 18.3. The molecule has 6 aliphatic carbocycles. The average molecular weight is 679 g/mol. The van der Waals surface area contributed by atoms with Crippen LogP contribution in [0.25, 0.3) is 0 Å². The number of carbonyl (C=O) groups is 2. The van der Waals surface area contributed by atoms with Gasteiger partial charge in [0.05, 0.1) is 18.6 Å². The maximum absolute atomic E-state index is 14.0. The van der Waals surface area contributed by atoms with Gasteiger partial charge < -0.3 is 19.5 Å². The van der Waals surface area contributed by atoms with Crippen molar-refractivity contribution in [3.05, 3.63) is 53.5 Å². The number of nitrogens with zero attached hydrogens (tertiary/aromatic N) is 1. The Bertz CT molecular complexity index is 1510. The second kappa shape index (κ2) is 11.2. The summed E-state index contributed by atoms with van der Waals surface area (Å²) >= 11 is 0. The van der Waals surface area contributed by atoms with Crippen LogP contribution in [0.2, 0.25) is 0 Å². The molecule has 0 aromatic heterocycles. The first kappa shape index (κ1) is 34.0. The molecule has 8 rings (SSSR count). The molecule has 1 amide bonds. The van der Waals surface area contributed by atoms with Crippen LogP contribution in [-0.2, 0) is 25.6 Å². The van der Waals surface area contributed by atoms with Gasteiger partial charge in [0.15, 0.2) is 0 Å². The van der Waals surface area contributed by atoms with E-state index in [1.807, 2.05) is 0 Å². The molecule has 6 saturated carbocycles. The molecule has 1 aromatic carbocycles. The van der Waals surface area contributed by atoms with Crippen LogP contribution in [0.1, 0.15) is 118 Å². The van der Waals surface area contributed by atoms with E-state index in [1.165, 1.54) is 25.5 Å². The van der Waals surface area contributed by atoms with Gasteiger partial charge in [-0.25, -0.2) is 8.78 Å². The minimum atomic E-state index is -0.752. The van der Waals surface area contributed by atoms with Crippen LogP contribution in [0.4, 0.5) is 8.78 Å². The fourth-order valence-corrected chi connectivity index (χ4v) is 13.1. The van der Waals surface area contributed by atoms with E-state index in [1.54, 1.807) is 10.8 Å². The number of benzene rings is 1. The largest absolute Gasteiger partial charge is 0.462 e. The third kappa shape index (κ3) is 4.66. The van der Waals surface area contributed by atoms with Crippen LogP contribution < -0.4 is 0 Å². The molecule has 267 valence electrons. The molecule has 3 radical (unpaired) electrons. The van der Waals surface area contributed by atoms with Gasteiger partial charge in [-0.2, -0.15) is 0 Å². The summed E-state index contributed by atoms with van der Waals surface area (Å²) in [6.07, 6.45) is 11.8. The number of halogens is 2. The molecule has 1 aliphatic heterocycles. The molecule has 6 nitrogen and oxygen atoms in total. The van der Waals surface area contributed by atoms with E-state index in [2.05, 4.69) is 34.6 Å². The summed E-state index contributed by atoms with van der Waals surface area (Å²) < 4.78 is 40.9. The summed E-state index contributed by atoms with van der Waals surface area (Å²) in [5, 5.41) is 12.5. The van der Waals surface area contributed by atoms with Crippen molar-refractivity contribution in [1.29, 1.82) is 0 Å². The summed E-state index contributed by atoms with van der Waals surface area (Å²) in [4.78, 5) is 27.3. The summed E-state index contributed by atoms with van der Waals surface area (Å²) in [6.45, 7) is 13.4. The molecular formula is C41H54F2NO5. The standard InChI is InChI=1S/C41H54F2NO5/c1-23-16-29(21-44(24(2)45)20-25-17-27(42)19-28(43)18-25)48-34-33(23)38(5)14-15-41-22-40(41)13-12-32(49-36(47)26-8-7-9-26)37(3,4)30(40)10-11-31(41)39(38,6)35(34)46/h17-19,23,26,30,32-33,35,46H,7-16,20-22H2,1-6H3/t23-,30+,32+,33+,35+,38-,39-,40-,41+/m1/s1. The smallest absolute Gasteiger partial charge is 0.309 e. The molecule has 1 aromatic rings. The number of hydrogen-bond acceptors (Lipinski definition) is 5. The molecule has 0 unspecified atom stereocenters. The first-order valence-electron chi connectivity index (χ1n) is 18.9. The van der Waals surface area contributed by atoms with Crippen LogP contribution in [0.3, 0.4) is 0 Å². The minimum absolute atomic E-state index is 0.0167. The topological polar surface area (TPSA) is 76.1 Å². The fourth-order valence-electron chi connectivity index (χ4n) is 13.1. The van der Waals surface area contributed by atoms with Gasteiger partial charge in [0, 0.05) is 36.3 Å². The predicted molar refractivity (Wildman–Crippen MR) is 179 cm³/mol. The molecule has 1 saturated heterocycles. The molecule has 49 heavy (non-hydrogen) atoms. The molecule has 2 spiro atoms. The van der Waals surface area contributed by atoms with Crippen molar-refractivity contribution < 1.29 is 33.0 Å². The average Bonchev–Trinajstić information content (AvgIpc) is 3.61. The van der Waals surface area contributed by atoms with Crippen LogP contribution in [-0.4, -0.2) is 40.6 Å². The van der Waals surface area contributed by atoms with Crippen molar-refractivity contribution >= 4 is 11.9 Å². The number of fused-ring (bicyclic) bond motifs is 4. The molecule has 1 N–H and O–H groups in total. The molecule has 8 heteroatoms. The third-order valence-corrected chi connectivity index (χ3v) is 15.8. The Morgan fingerprint density at radius 2 is 1.71 bits per heavy atom. The van der Waals surface area contributed by atoms with E-state index in [0.717, 1.165) is 76.1 Å². The van der Waals surface area contributed by atoms with Crippen molar-refractivity contribution in [2.75, 3.05) is 6.54 Å². The van der Waals surface area contributed by atoms with Crippen LogP contribution in [0.5, 0.6) is 0 Å². The zero-order valence-electron chi connectivity index (χ0n) is 30.2. The Labute approximate surface area is 291 Å². The molecular weight excluding hydrogens is 624 g/mol. The van der Waals surface area contributed by atoms with E-state index >= 15 is 0 Å². The summed E-state index contributed by atoms with van der Waals surface area (Å²) in [5.74, 6) is 0.901. The Morgan fingerprint density at radius 3 is 2.37 bits per heavy atom. The van der Waals surface area contributed by atoms with Gasteiger partial charge in [-0.3, -0.25) is 9.59 Å². The lowest BCUT2D eigenvalue weighted by molar-refractivity contribution is -0.179. The first-order chi connectivity index (χ1) is 23.1. The number of esters is 1. The van der Waals surface area contributed by atoms with Gasteiger partial charge in [-0.15, -0.1) is 0 Å². The maximum atomic E-state index is 14.0. The number of hydrogen-bond donors (Lipinski definition) is 1. The third-order valence-electron chi connectivity index (χ3n) is 15.8. The van der Waals surface area contributed by atoms with E-state index in [9.17, 15) is 23.5 Å². The fraction of sp³-hybridized carbons (Fsp3) is 0.732. The van der Waals surface area contributed by atoms with Crippen molar-refractivity contribution in [2.45, 2.75) is 131 Å². The Hall–Kier alpha value is -2.06. The first-order valence-corrected chi connectivity index (χ1v) is 18.9. The van der Waals surface area contributed by atoms with Crippen molar-refractivity contribution in [2.24, 2.45) is 50.7 Å². The van der Waals surface area contributed by atoms with E-state index in [-0.39, 0.29) is 70.5 Å². The zero-order valence-corrected chi connectivity index (χ0v) is 30.2. The van der Waals surface area contributed by atoms with E-state index in [4.69, 9.17) is 9.47 Å². The number of carbonyl (C=O) groups excluding carboxylic acids is 2. The number of rotatable bonds is 6. The van der Waals surface area contributed by atoms with E-state index < -0.39 is 23.2 Å². The monoisotopic (exact) mass is 678 g/mol. The lowest BCUT2D eigenvalue weighted by Crippen LogP contribution is -2.59. The van der Waals surface area contributed by atoms with Crippen LogP contribution >= 0.6 is 0 Å². The molecule has 7 fully saturated rings. The van der Waals surface area contributed by atoms with Crippen molar-refractivity contribution in [3.8, 4) is 0 Å². The maximum Gasteiger partial charge on any atom is 0.309 e. The quantitative estimate of drug-likeness (QED) is 0.308. The zero-order chi connectivity index (χ0) is 34.9. The van der Waals surface area contributed by atoms with Crippen LogP contribution in [0.15, 0.2) is 18.2 Å². The van der Waals surface area contributed by atoms with Gasteiger partial charge in [-0.1, -0.05) is 41.0 Å². The van der Waals surface area contributed by atoms with Crippen molar-refractivity contribution in [1.82, 2.24) is 4.90 Å². The Kier molecular flexibility index (Phi) is 7.80. The SMILES string of the molecule is CC(=O)N(C[C]1C[C@@H](C)[C@H]2[C](O1)[C@H](O)[C@@]1(C)[C]3CC[C@H]4C(C)(C)[C@@H](OC(=O)C5CCC5)CC[C@@]45C[C@@]35CC[C@]21C)Cc1cc(F)cc(F)c1. The Balaban J connectivity index is 1.02. The number of ether oxygens (including phenoxy) is 2. The molecule has 9 atom stereocenters. The minimum Gasteiger partial charge on any atom is -0.462 e. The number of amides is 1. The van der Waals surface area contributed by atoms with Gasteiger partial charge >= 0.3 is 5.97 Å². The highest BCUT2D eigenvalue weighted by atomic mass is 19.1. The lowest BCUT2D eigenvalue weighted by Gasteiger charge is -2.63. The molecule has 7 aliphatic rings. The van der Waals surface area contributed by atoms with E-state index in [0.29, 0.717) is 17.9 Å². The normalized spacial score (nSPS) is 42.9. The number of aliphatic hydroxyl groups is 1. The summed E-state index contributed by atoms with van der Waals surface area (Å²) in [7, 11) is 0. The van der Waals surface area contributed by atoms with Gasteiger partial charge in [0.25, 0.3) is 0 Å². The molecule has 0 bridgehead atoms. The second-order valence-electron chi connectivity index (χ2n) is 18.3. The van der Waals surface area contributed by atoms with Crippen LogP contribution in [0, 0.1) is 80.5 Å². The number of aliphatic hydroxyl groups excluding tert-OH is 1. The highest BCUT2D eigenvalue weighted by Gasteiger charge is 2.85. The van der Waals surface area contributed by atoms with Gasteiger partial charge in [0.2, 0.25) is 5.91 Å². The predicted octanol–water partition coefficient (Wildman–Crippen LogP) is 8.12. The van der Waals surface area contributed by atoms with Crippen molar-refractivity contribution in [3.63, 3.8) is 0 Å². The summed E-state index contributed by atoms with van der Waals surface area (Å²) in [5.41, 5.74) is 0.0233. The van der Waals surface area contributed by atoms with Gasteiger partial charge in [0.1, 0.15) is 29.9 Å². The highest BCUT2D eigenvalue weighted by Crippen LogP contribution is 2.90. The highest BCUT2D eigenvalue weighted by molar-refractivity contribution is 5.74. The molecule has 1 heterocycles. The lowest BCUT2D eigenvalue weighted by atomic mass is 9.41. The van der Waals surface area contributed by atoms with Gasteiger partial charge in [-0.05, 0) is 116 Å². The summed E-state index contributed by atoms with van der Waals surface area (Å²) in [6, 6.07) is 3.35. The Morgan fingerprint density at radius 1 is 1.00 bits per heavy atom.